The SMILES string of the molecule is COCCN(c1ccc(Cl)cc1CC(C)N)C(C)C. The third-order valence-corrected chi connectivity index (χ3v) is 3.29. The van der Waals surface area contributed by atoms with Crippen molar-refractivity contribution in [3.8, 4) is 0 Å². The molecule has 1 rings (SSSR count). The molecule has 2 N–H and O–H groups in total. The van der Waals surface area contributed by atoms with E-state index in [9.17, 15) is 0 Å². The van der Waals surface area contributed by atoms with Gasteiger partial charge in [-0.15, -0.1) is 0 Å². The number of halogens is 1. The fourth-order valence-electron chi connectivity index (χ4n) is 2.19. The zero-order chi connectivity index (χ0) is 14.4. The molecule has 0 aliphatic heterocycles. The minimum absolute atomic E-state index is 0.119. The largest absolute Gasteiger partial charge is 0.383 e. The molecule has 19 heavy (non-hydrogen) atoms. The summed E-state index contributed by atoms with van der Waals surface area (Å²) in [4.78, 5) is 2.33. The first-order valence-corrected chi connectivity index (χ1v) is 7.13. The summed E-state index contributed by atoms with van der Waals surface area (Å²) in [5, 5.41) is 0.759. The van der Waals surface area contributed by atoms with E-state index < -0.39 is 0 Å². The van der Waals surface area contributed by atoms with E-state index >= 15 is 0 Å². The summed E-state index contributed by atoms with van der Waals surface area (Å²) in [6, 6.07) is 6.55. The fourth-order valence-corrected chi connectivity index (χ4v) is 2.39. The van der Waals surface area contributed by atoms with Crippen molar-refractivity contribution in [1.29, 1.82) is 0 Å². The molecule has 0 aliphatic rings. The van der Waals surface area contributed by atoms with E-state index in [2.05, 4.69) is 24.8 Å². The molecular weight excluding hydrogens is 260 g/mol. The Hall–Kier alpha value is -0.770. The lowest BCUT2D eigenvalue weighted by molar-refractivity contribution is 0.204. The number of methoxy groups -OCH3 is 1. The van der Waals surface area contributed by atoms with Gasteiger partial charge in [0.1, 0.15) is 0 Å². The maximum absolute atomic E-state index is 6.10. The van der Waals surface area contributed by atoms with Gasteiger partial charge in [0.25, 0.3) is 0 Å². The summed E-state index contributed by atoms with van der Waals surface area (Å²) in [5.74, 6) is 0. The van der Waals surface area contributed by atoms with Crippen LogP contribution in [0.25, 0.3) is 0 Å². The van der Waals surface area contributed by atoms with Crippen LogP contribution in [0.2, 0.25) is 5.02 Å². The van der Waals surface area contributed by atoms with Gasteiger partial charge in [0.15, 0.2) is 0 Å². The van der Waals surface area contributed by atoms with Gasteiger partial charge in [-0.25, -0.2) is 0 Å². The van der Waals surface area contributed by atoms with Crippen LogP contribution in [-0.4, -0.2) is 32.3 Å². The van der Waals surface area contributed by atoms with E-state index in [1.54, 1.807) is 7.11 Å². The molecule has 0 bridgehead atoms. The smallest absolute Gasteiger partial charge is 0.0637 e. The van der Waals surface area contributed by atoms with Crippen molar-refractivity contribution in [3.63, 3.8) is 0 Å². The molecule has 0 amide bonds. The predicted molar refractivity (Wildman–Crippen MR) is 83.2 cm³/mol. The lowest BCUT2D eigenvalue weighted by Gasteiger charge is -2.31. The van der Waals surface area contributed by atoms with Gasteiger partial charge in [-0.2, -0.15) is 0 Å². The number of nitrogens with zero attached hydrogens (tertiary/aromatic N) is 1. The van der Waals surface area contributed by atoms with Gasteiger partial charge in [-0.1, -0.05) is 11.6 Å². The van der Waals surface area contributed by atoms with E-state index in [4.69, 9.17) is 22.1 Å². The molecule has 0 radical (unpaired) electrons. The maximum Gasteiger partial charge on any atom is 0.0637 e. The third kappa shape index (κ3) is 5.01. The van der Waals surface area contributed by atoms with Crippen LogP contribution in [0.15, 0.2) is 18.2 Å². The Balaban J connectivity index is 3.06. The molecule has 1 unspecified atom stereocenters. The molecule has 1 aromatic carbocycles. The van der Waals surface area contributed by atoms with E-state index in [0.29, 0.717) is 12.6 Å². The van der Waals surface area contributed by atoms with Crippen LogP contribution >= 0.6 is 11.6 Å². The first-order chi connectivity index (χ1) is 8.95. The highest BCUT2D eigenvalue weighted by Crippen LogP contribution is 2.27. The molecule has 0 spiro atoms. The van der Waals surface area contributed by atoms with Crippen LogP contribution in [0.3, 0.4) is 0 Å². The second-order valence-corrected chi connectivity index (χ2v) is 5.67. The second kappa shape index (κ2) is 7.73. The number of nitrogens with two attached hydrogens (primary N) is 1. The standard InChI is InChI=1S/C15H25ClN2O/c1-11(2)18(7-8-19-4)15-6-5-14(16)10-13(15)9-12(3)17/h5-6,10-12H,7-9,17H2,1-4H3. The summed E-state index contributed by atoms with van der Waals surface area (Å²) in [5.41, 5.74) is 8.34. The van der Waals surface area contributed by atoms with Gasteiger partial charge >= 0.3 is 0 Å². The average Bonchev–Trinajstić information content (AvgIpc) is 2.30. The van der Waals surface area contributed by atoms with E-state index in [1.807, 2.05) is 19.1 Å². The second-order valence-electron chi connectivity index (χ2n) is 5.23. The Bertz CT molecular complexity index is 394. The van der Waals surface area contributed by atoms with Gasteiger partial charge in [0.05, 0.1) is 6.61 Å². The highest BCUT2D eigenvalue weighted by atomic mass is 35.5. The number of rotatable bonds is 7. The maximum atomic E-state index is 6.10. The molecule has 1 aromatic rings. The van der Waals surface area contributed by atoms with Crippen LogP contribution in [0.5, 0.6) is 0 Å². The highest BCUT2D eigenvalue weighted by Gasteiger charge is 2.15. The van der Waals surface area contributed by atoms with E-state index in [1.165, 1.54) is 11.3 Å². The van der Waals surface area contributed by atoms with Gasteiger partial charge in [-0.3, -0.25) is 0 Å². The van der Waals surface area contributed by atoms with Crippen molar-refractivity contribution in [2.45, 2.75) is 39.3 Å². The zero-order valence-corrected chi connectivity index (χ0v) is 13.1. The van der Waals surface area contributed by atoms with Crippen LogP contribution < -0.4 is 10.6 Å². The molecule has 0 saturated heterocycles. The molecule has 108 valence electrons. The summed E-state index contributed by atoms with van der Waals surface area (Å²) < 4.78 is 5.20. The van der Waals surface area contributed by atoms with E-state index in [-0.39, 0.29) is 6.04 Å². The zero-order valence-electron chi connectivity index (χ0n) is 12.3. The number of anilines is 1. The molecule has 1 atom stereocenters. The van der Waals surface area contributed by atoms with Crippen molar-refractivity contribution in [1.82, 2.24) is 0 Å². The Morgan fingerprint density at radius 1 is 1.32 bits per heavy atom. The number of benzene rings is 1. The molecular formula is C15H25ClN2O. The normalized spacial score (nSPS) is 12.8. The van der Waals surface area contributed by atoms with Gasteiger partial charge in [-0.05, 0) is 51.0 Å². The monoisotopic (exact) mass is 284 g/mol. The molecule has 0 heterocycles. The van der Waals surface area contributed by atoms with Crippen LogP contribution in [-0.2, 0) is 11.2 Å². The van der Waals surface area contributed by atoms with Crippen LogP contribution in [0.1, 0.15) is 26.3 Å². The molecule has 0 aromatic heterocycles. The summed E-state index contributed by atoms with van der Waals surface area (Å²) in [6.45, 7) is 7.94. The summed E-state index contributed by atoms with van der Waals surface area (Å²) >= 11 is 6.10. The average molecular weight is 285 g/mol. The van der Waals surface area contributed by atoms with Crippen molar-refractivity contribution in [2.75, 3.05) is 25.2 Å². The first-order valence-electron chi connectivity index (χ1n) is 6.75. The van der Waals surface area contributed by atoms with Crippen molar-refractivity contribution in [3.05, 3.63) is 28.8 Å². The van der Waals surface area contributed by atoms with Gasteiger partial charge in [0.2, 0.25) is 0 Å². The summed E-state index contributed by atoms with van der Waals surface area (Å²) in [6.07, 6.45) is 0.825. The number of hydrogen-bond acceptors (Lipinski definition) is 3. The lowest BCUT2D eigenvalue weighted by atomic mass is 10.0. The highest BCUT2D eigenvalue weighted by molar-refractivity contribution is 6.30. The quantitative estimate of drug-likeness (QED) is 0.836. The predicted octanol–water partition coefficient (Wildman–Crippen LogP) is 3.09. The molecule has 0 saturated carbocycles. The topological polar surface area (TPSA) is 38.5 Å². The molecule has 3 nitrogen and oxygen atoms in total. The number of ether oxygens (including phenoxy) is 1. The molecule has 0 aliphatic carbocycles. The molecule has 4 heteroatoms. The van der Waals surface area contributed by atoms with Crippen molar-refractivity contribution in [2.24, 2.45) is 5.73 Å². The Kier molecular flexibility index (Phi) is 6.63. The van der Waals surface area contributed by atoms with Gasteiger partial charge < -0.3 is 15.4 Å². The van der Waals surface area contributed by atoms with Crippen LogP contribution in [0.4, 0.5) is 5.69 Å². The van der Waals surface area contributed by atoms with E-state index in [0.717, 1.165) is 18.0 Å². The van der Waals surface area contributed by atoms with Crippen molar-refractivity contribution < 1.29 is 4.74 Å². The Morgan fingerprint density at radius 2 is 2.00 bits per heavy atom. The fraction of sp³-hybridized carbons (Fsp3) is 0.600. The number of hydrogen-bond donors (Lipinski definition) is 1. The minimum atomic E-state index is 0.119. The lowest BCUT2D eigenvalue weighted by Crippen LogP contribution is -2.35. The summed E-state index contributed by atoms with van der Waals surface area (Å²) in [7, 11) is 1.73. The first kappa shape index (κ1) is 16.3. The van der Waals surface area contributed by atoms with Crippen LogP contribution in [0, 0.1) is 0 Å². The Labute approximate surface area is 121 Å². The van der Waals surface area contributed by atoms with Crippen molar-refractivity contribution >= 4 is 17.3 Å². The molecule has 0 fully saturated rings. The minimum Gasteiger partial charge on any atom is -0.383 e. The van der Waals surface area contributed by atoms with Gasteiger partial charge in [0, 0.05) is 36.4 Å². The third-order valence-electron chi connectivity index (χ3n) is 3.05. The Morgan fingerprint density at radius 3 is 2.53 bits per heavy atom.